The van der Waals surface area contributed by atoms with Gasteiger partial charge in [-0.1, -0.05) is 0 Å². The van der Waals surface area contributed by atoms with E-state index in [0.717, 1.165) is 19.4 Å². The Bertz CT molecular complexity index is 236. The Labute approximate surface area is 92.5 Å². The average Bonchev–Trinajstić information content (AvgIpc) is 2.06. The van der Waals surface area contributed by atoms with Crippen LogP contribution in [0.4, 0.5) is 0 Å². The van der Waals surface area contributed by atoms with E-state index in [4.69, 9.17) is 5.11 Å². The Morgan fingerprint density at radius 3 is 2.60 bits per heavy atom. The van der Waals surface area contributed by atoms with Crippen LogP contribution in [0.2, 0.25) is 0 Å². The van der Waals surface area contributed by atoms with Gasteiger partial charge in [0.1, 0.15) is 0 Å². The van der Waals surface area contributed by atoms with Crippen molar-refractivity contribution in [2.75, 3.05) is 6.54 Å². The van der Waals surface area contributed by atoms with Gasteiger partial charge in [-0.15, -0.1) is 0 Å². The Morgan fingerprint density at radius 2 is 2.13 bits per heavy atom. The predicted octanol–water partition coefficient (Wildman–Crippen LogP) is 2.36. The standard InChI is InChI=1S/C12H23NO2/c1-9(2)13-7-5-6-10(8-11(14)15)12(13,3)4/h9-10H,5-8H2,1-4H3,(H,14,15). The van der Waals surface area contributed by atoms with Gasteiger partial charge in [0.15, 0.2) is 0 Å². The van der Waals surface area contributed by atoms with Gasteiger partial charge in [0.2, 0.25) is 0 Å². The maximum Gasteiger partial charge on any atom is 0.303 e. The maximum absolute atomic E-state index is 10.8. The molecule has 1 aliphatic heterocycles. The van der Waals surface area contributed by atoms with Crippen molar-refractivity contribution in [3.05, 3.63) is 0 Å². The zero-order valence-corrected chi connectivity index (χ0v) is 10.3. The van der Waals surface area contributed by atoms with E-state index in [-0.39, 0.29) is 11.5 Å². The van der Waals surface area contributed by atoms with Gasteiger partial charge in [0.25, 0.3) is 0 Å². The van der Waals surface area contributed by atoms with Crippen molar-refractivity contribution >= 4 is 5.97 Å². The van der Waals surface area contributed by atoms with Gasteiger partial charge >= 0.3 is 5.97 Å². The molecule has 1 heterocycles. The molecule has 1 fully saturated rings. The van der Waals surface area contributed by atoms with Gasteiger partial charge < -0.3 is 5.11 Å². The minimum absolute atomic E-state index is 0.0187. The van der Waals surface area contributed by atoms with Gasteiger partial charge in [-0.3, -0.25) is 9.69 Å². The SMILES string of the molecule is CC(C)N1CCCC(CC(=O)O)C1(C)C. The monoisotopic (exact) mass is 213 g/mol. The first-order chi connectivity index (χ1) is 6.85. The molecule has 0 bridgehead atoms. The lowest BCUT2D eigenvalue weighted by Gasteiger charge is -2.50. The molecule has 15 heavy (non-hydrogen) atoms. The third-order valence-corrected chi connectivity index (χ3v) is 3.74. The first kappa shape index (κ1) is 12.5. The summed E-state index contributed by atoms with van der Waals surface area (Å²) in [6.45, 7) is 9.83. The van der Waals surface area contributed by atoms with Crippen molar-refractivity contribution in [1.29, 1.82) is 0 Å². The van der Waals surface area contributed by atoms with Crippen LogP contribution in [0, 0.1) is 5.92 Å². The number of aliphatic carboxylic acids is 1. The second kappa shape index (κ2) is 4.52. The number of hydrogen-bond donors (Lipinski definition) is 1. The molecule has 1 saturated heterocycles. The lowest BCUT2D eigenvalue weighted by molar-refractivity contribution is -0.140. The highest BCUT2D eigenvalue weighted by Gasteiger charge is 2.40. The molecule has 0 aromatic carbocycles. The zero-order chi connectivity index (χ0) is 11.6. The third-order valence-electron chi connectivity index (χ3n) is 3.74. The maximum atomic E-state index is 10.8. The summed E-state index contributed by atoms with van der Waals surface area (Å²) in [6.07, 6.45) is 2.47. The highest BCUT2D eigenvalue weighted by atomic mass is 16.4. The van der Waals surface area contributed by atoms with Gasteiger partial charge in [0, 0.05) is 18.0 Å². The Morgan fingerprint density at radius 1 is 1.53 bits per heavy atom. The van der Waals surface area contributed by atoms with Crippen LogP contribution in [0.3, 0.4) is 0 Å². The minimum atomic E-state index is -0.668. The molecule has 3 heteroatoms. The lowest BCUT2D eigenvalue weighted by atomic mass is 9.76. The second-order valence-corrected chi connectivity index (χ2v) is 5.38. The predicted molar refractivity (Wildman–Crippen MR) is 60.9 cm³/mol. The molecule has 1 N–H and O–H groups in total. The van der Waals surface area contributed by atoms with Crippen LogP contribution in [-0.4, -0.2) is 34.1 Å². The van der Waals surface area contributed by atoms with E-state index in [1.54, 1.807) is 0 Å². The van der Waals surface area contributed by atoms with E-state index in [1.165, 1.54) is 0 Å². The molecule has 1 atom stereocenters. The number of piperidine rings is 1. The van der Waals surface area contributed by atoms with Crippen molar-refractivity contribution in [2.45, 2.75) is 58.5 Å². The van der Waals surface area contributed by atoms with E-state index < -0.39 is 5.97 Å². The first-order valence-electron chi connectivity index (χ1n) is 5.84. The molecule has 0 aromatic heterocycles. The normalized spacial score (nSPS) is 26.9. The van der Waals surface area contributed by atoms with Gasteiger partial charge in [-0.05, 0) is 53.0 Å². The number of nitrogens with zero attached hydrogens (tertiary/aromatic N) is 1. The smallest absolute Gasteiger partial charge is 0.303 e. The summed E-state index contributed by atoms with van der Waals surface area (Å²) in [4.78, 5) is 13.2. The molecule has 1 aliphatic rings. The van der Waals surface area contributed by atoms with Crippen LogP contribution in [0.25, 0.3) is 0 Å². The van der Waals surface area contributed by atoms with Gasteiger partial charge in [-0.25, -0.2) is 0 Å². The molecule has 1 rings (SSSR count). The molecule has 0 spiro atoms. The molecule has 0 aliphatic carbocycles. The van der Waals surface area contributed by atoms with Crippen molar-refractivity contribution in [3.63, 3.8) is 0 Å². The minimum Gasteiger partial charge on any atom is -0.481 e. The van der Waals surface area contributed by atoms with Crippen LogP contribution < -0.4 is 0 Å². The fraction of sp³-hybridized carbons (Fsp3) is 0.917. The summed E-state index contributed by atoms with van der Waals surface area (Å²) in [5, 5.41) is 8.90. The molecule has 0 amide bonds. The van der Waals surface area contributed by atoms with Crippen molar-refractivity contribution in [3.8, 4) is 0 Å². The number of hydrogen-bond acceptors (Lipinski definition) is 2. The molecule has 0 aromatic rings. The average molecular weight is 213 g/mol. The van der Waals surface area contributed by atoms with Crippen LogP contribution in [0.1, 0.15) is 47.0 Å². The summed E-state index contributed by atoms with van der Waals surface area (Å²) in [5.41, 5.74) is 0.0187. The van der Waals surface area contributed by atoms with Crippen molar-refractivity contribution in [1.82, 2.24) is 4.90 Å². The number of carboxylic acid groups (broad SMARTS) is 1. The largest absolute Gasteiger partial charge is 0.481 e. The van der Waals surface area contributed by atoms with Crippen LogP contribution in [-0.2, 0) is 4.79 Å². The fourth-order valence-electron chi connectivity index (χ4n) is 2.87. The van der Waals surface area contributed by atoms with Crippen LogP contribution in [0.5, 0.6) is 0 Å². The van der Waals surface area contributed by atoms with Crippen molar-refractivity contribution < 1.29 is 9.90 Å². The summed E-state index contributed by atoms with van der Waals surface area (Å²) in [6, 6.07) is 0.497. The fourth-order valence-corrected chi connectivity index (χ4v) is 2.87. The third kappa shape index (κ3) is 2.71. The Hall–Kier alpha value is -0.570. The number of likely N-dealkylation sites (tertiary alicyclic amines) is 1. The Balaban J connectivity index is 2.76. The second-order valence-electron chi connectivity index (χ2n) is 5.38. The molecule has 88 valence electrons. The first-order valence-corrected chi connectivity index (χ1v) is 5.84. The Kier molecular flexibility index (Phi) is 3.77. The van der Waals surface area contributed by atoms with Gasteiger partial charge in [0.05, 0.1) is 0 Å². The molecule has 0 radical (unpaired) electrons. The number of rotatable bonds is 3. The highest BCUT2D eigenvalue weighted by molar-refractivity contribution is 5.67. The van der Waals surface area contributed by atoms with E-state index in [0.29, 0.717) is 12.5 Å². The zero-order valence-electron chi connectivity index (χ0n) is 10.3. The molecule has 0 saturated carbocycles. The number of carboxylic acids is 1. The van der Waals surface area contributed by atoms with E-state index in [1.807, 2.05) is 0 Å². The van der Waals surface area contributed by atoms with Crippen LogP contribution >= 0.6 is 0 Å². The highest BCUT2D eigenvalue weighted by Crippen LogP contribution is 2.36. The quantitative estimate of drug-likeness (QED) is 0.782. The topological polar surface area (TPSA) is 40.5 Å². The summed E-state index contributed by atoms with van der Waals surface area (Å²) >= 11 is 0. The van der Waals surface area contributed by atoms with E-state index in [2.05, 4.69) is 32.6 Å². The summed E-state index contributed by atoms with van der Waals surface area (Å²) in [5.74, 6) is -0.384. The number of carbonyl (C=O) groups is 1. The van der Waals surface area contributed by atoms with Crippen molar-refractivity contribution in [2.24, 2.45) is 5.92 Å². The van der Waals surface area contributed by atoms with E-state index in [9.17, 15) is 4.79 Å². The molecular formula is C12H23NO2. The van der Waals surface area contributed by atoms with Crippen LogP contribution in [0.15, 0.2) is 0 Å². The molecule has 3 nitrogen and oxygen atoms in total. The lowest BCUT2D eigenvalue weighted by Crippen LogP contribution is -2.56. The van der Waals surface area contributed by atoms with E-state index >= 15 is 0 Å². The van der Waals surface area contributed by atoms with Gasteiger partial charge in [-0.2, -0.15) is 0 Å². The summed E-state index contributed by atoms with van der Waals surface area (Å²) in [7, 11) is 0. The molecular weight excluding hydrogens is 190 g/mol. The molecule has 1 unspecified atom stereocenters. The summed E-state index contributed by atoms with van der Waals surface area (Å²) < 4.78 is 0.